The Hall–Kier alpha value is -3.39. The fourth-order valence-corrected chi connectivity index (χ4v) is 4.33. The Morgan fingerprint density at radius 2 is 1.83 bits per heavy atom. The van der Waals surface area contributed by atoms with Crippen molar-refractivity contribution in [2.24, 2.45) is 0 Å². The van der Waals surface area contributed by atoms with Gasteiger partial charge in [0.25, 0.3) is 0 Å². The van der Waals surface area contributed by atoms with E-state index in [0.717, 1.165) is 5.56 Å². The van der Waals surface area contributed by atoms with Crippen molar-refractivity contribution < 1.29 is 23.1 Å². The van der Waals surface area contributed by atoms with E-state index in [2.05, 4.69) is 10.3 Å². The molecule has 3 aromatic rings. The first-order valence-corrected chi connectivity index (χ1v) is 10.2. The van der Waals surface area contributed by atoms with Crippen molar-refractivity contribution in [1.29, 1.82) is 0 Å². The zero-order valence-corrected chi connectivity index (χ0v) is 16.7. The monoisotopic (exact) mass is 412 g/mol. The molecule has 150 valence electrons. The first-order valence-electron chi connectivity index (χ1n) is 8.74. The molecule has 0 aliphatic heterocycles. The van der Waals surface area contributed by atoms with Crippen LogP contribution in [0.25, 0.3) is 0 Å². The van der Waals surface area contributed by atoms with Gasteiger partial charge in [-0.2, -0.15) is 0 Å². The molecular weight excluding hydrogens is 392 g/mol. The summed E-state index contributed by atoms with van der Waals surface area (Å²) in [5.74, 6) is -0.513. The fourth-order valence-electron chi connectivity index (χ4n) is 2.93. The first-order chi connectivity index (χ1) is 13.8. The number of nitrogens with zero attached hydrogens (tertiary/aromatic N) is 1. The number of carboxylic acid groups (broad SMARTS) is 1. The number of pyridine rings is 1. The number of aromatic carboxylic acids is 1. The number of para-hydroxylation sites is 1. The number of carbonyl (C=O) groups is 1. The van der Waals surface area contributed by atoms with Gasteiger partial charge in [-0.1, -0.05) is 18.2 Å². The zero-order chi connectivity index (χ0) is 21.0. The van der Waals surface area contributed by atoms with Gasteiger partial charge in [0.15, 0.2) is 5.03 Å². The molecule has 0 aliphatic rings. The third-order valence-corrected chi connectivity index (χ3v) is 6.20. The number of nitrogens with one attached hydrogen (secondary N) is 1. The van der Waals surface area contributed by atoms with E-state index in [1.807, 2.05) is 0 Å². The predicted octanol–water partition coefficient (Wildman–Crippen LogP) is 3.54. The molecule has 0 radical (unpaired) electrons. The van der Waals surface area contributed by atoms with Crippen molar-refractivity contribution >= 4 is 21.5 Å². The molecule has 2 aromatic carbocycles. The molecule has 1 heterocycles. The van der Waals surface area contributed by atoms with Crippen LogP contribution in [-0.4, -0.2) is 31.6 Å². The van der Waals surface area contributed by atoms with E-state index in [1.54, 1.807) is 43.3 Å². The quantitative estimate of drug-likeness (QED) is 0.611. The molecule has 2 N–H and O–H groups in total. The molecule has 0 saturated heterocycles. The van der Waals surface area contributed by atoms with Crippen molar-refractivity contribution in [3.8, 4) is 5.75 Å². The molecule has 7 nitrogen and oxygen atoms in total. The molecule has 0 saturated carbocycles. The van der Waals surface area contributed by atoms with Crippen LogP contribution in [0.2, 0.25) is 0 Å². The second kappa shape index (κ2) is 8.32. The van der Waals surface area contributed by atoms with Crippen molar-refractivity contribution in [3.63, 3.8) is 0 Å². The minimum atomic E-state index is -3.86. The van der Waals surface area contributed by atoms with Gasteiger partial charge in [-0.05, 0) is 48.9 Å². The number of benzene rings is 2. The van der Waals surface area contributed by atoms with Gasteiger partial charge in [-0.3, -0.25) is 0 Å². The molecule has 3 rings (SSSR count). The maximum absolute atomic E-state index is 13.1. The summed E-state index contributed by atoms with van der Waals surface area (Å²) < 4.78 is 31.2. The Morgan fingerprint density at radius 3 is 2.48 bits per heavy atom. The highest BCUT2D eigenvalue weighted by Crippen LogP contribution is 2.26. The Kier molecular flexibility index (Phi) is 5.84. The van der Waals surface area contributed by atoms with E-state index in [-0.39, 0.29) is 22.0 Å². The summed E-state index contributed by atoms with van der Waals surface area (Å²) in [5.41, 5.74) is 1.74. The average molecular weight is 412 g/mol. The molecule has 0 unspecified atom stereocenters. The summed E-state index contributed by atoms with van der Waals surface area (Å²) in [7, 11) is -2.36. The molecular formula is C21H20N2O5S. The maximum Gasteiger partial charge on any atom is 0.337 e. The van der Waals surface area contributed by atoms with Gasteiger partial charge in [-0.25, -0.2) is 18.2 Å². The van der Waals surface area contributed by atoms with Crippen molar-refractivity contribution in [2.75, 3.05) is 12.4 Å². The molecule has 29 heavy (non-hydrogen) atoms. The average Bonchev–Trinajstić information content (AvgIpc) is 2.72. The normalized spacial score (nSPS) is 11.1. The van der Waals surface area contributed by atoms with Gasteiger partial charge in [0, 0.05) is 18.3 Å². The van der Waals surface area contributed by atoms with Crippen LogP contribution in [0, 0.1) is 6.92 Å². The van der Waals surface area contributed by atoms with E-state index in [4.69, 9.17) is 4.74 Å². The van der Waals surface area contributed by atoms with Crippen LogP contribution in [0.5, 0.6) is 5.75 Å². The van der Waals surface area contributed by atoms with E-state index in [0.29, 0.717) is 17.0 Å². The molecule has 0 aliphatic carbocycles. The number of methoxy groups -OCH3 is 1. The lowest BCUT2D eigenvalue weighted by Gasteiger charge is -2.15. The van der Waals surface area contributed by atoms with E-state index in [9.17, 15) is 18.3 Å². The van der Waals surface area contributed by atoms with Crippen molar-refractivity contribution in [2.45, 2.75) is 23.4 Å². The minimum absolute atomic E-state index is 0.0804. The third-order valence-electron chi connectivity index (χ3n) is 4.43. The van der Waals surface area contributed by atoms with Crippen LogP contribution >= 0.6 is 0 Å². The highest BCUT2D eigenvalue weighted by atomic mass is 32.2. The molecule has 0 bridgehead atoms. The number of rotatable bonds is 7. The molecule has 1 aromatic heterocycles. The van der Waals surface area contributed by atoms with E-state index >= 15 is 0 Å². The molecule has 8 heteroatoms. The zero-order valence-electron chi connectivity index (χ0n) is 15.9. The summed E-state index contributed by atoms with van der Waals surface area (Å²) in [6.07, 6.45) is 1.41. The van der Waals surface area contributed by atoms with Crippen LogP contribution in [0.4, 0.5) is 5.69 Å². The second-order valence-electron chi connectivity index (χ2n) is 6.30. The summed E-state index contributed by atoms with van der Waals surface area (Å²) >= 11 is 0. The van der Waals surface area contributed by atoms with Gasteiger partial charge in [0.1, 0.15) is 5.75 Å². The summed E-state index contributed by atoms with van der Waals surface area (Å²) in [4.78, 5) is 15.7. The number of hydrogen-bond acceptors (Lipinski definition) is 6. The number of carboxylic acids is 1. The predicted molar refractivity (Wildman–Crippen MR) is 108 cm³/mol. The van der Waals surface area contributed by atoms with Crippen LogP contribution in [-0.2, 0) is 16.4 Å². The lowest BCUT2D eigenvalue weighted by atomic mass is 10.1. The summed E-state index contributed by atoms with van der Waals surface area (Å²) in [5, 5.41) is 12.4. The van der Waals surface area contributed by atoms with Crippen LogP contribution in [0.3, 0.4) is 0 Å². The number of aromatic nitrogens is 1. The fraction of sp³-hybridized carbons (Fsp3) is 0.143. The Labute approximate surface area is 168 Å². The van der Waals surface area contributed by atoms with Crippen molar-refractivity contribution in [3.05, 3.63) is 77.5 Å². The SMILES string of the molecule is COc1ccc(S(=O)(=O)c2ncccc2CNc2c(C)cccc2C(=O)O)cc1. The number of ether oxygens (including phenoxy) is 1. The van der Waals surface area contributed by atoms with Gasteiger partial charge in [0.2, 0.25) is 9.84 Å². The lowest BCUT2D eigenvalue weighted by Crippen LogP contribution is -2.13. The summed E-state index contributed by atoms with van der Waals surface area (Å²) in [6, 6.07) is 14.3. The standard InChI is InChI=1S/C21H20N2O5S/c1-14-5-3-7-18(21(24)25)19(14)23-13-15-6-4-12-22-20(15)29(26,27)17-10-8-16(28-2)9-11-17/h3-12,23H,13H2,1-2H3,(H,24,25). The highest BCUT2D eigenvalue weighted by Gasteiger charge is 2.23. The number of hydrogen-bond donors (Lipinski definition) is 2. The Balaban J connectivity index is 1.95. The smallest absolute Gasteiger partial charge is 0.337 e. The Bertz CT molecular complexity index is 1140. The first kappa shape index (κ1) is 20.3. The molecule has 0 fully saturated rings. The third kappa shape index (κ3) is 4.22. The maximum atomic E-state index is 13.1. The Morgan fingerprint density at radius 1 is 1.10 bits per heavy atom. The topological polar surface area (TPSA) is 106 Å². The minimum Gasteiger partial charge on any atom is -0.497 e. The lowest BCUT2D eigenvalue weighted by molar-refractivity contribution is 0.0697. The molecule has 0 amide bonds. The largest absolute Gasteiger partial charge is 0.497 e. The van der Waals surface area contributed by atoms with Gasteiger partial charge in [0.05, 0.1) is 23.3 Å². The van der Waals surface area contributed by atoms with Crippen LogP contribution in [0.15, 0.2) is 70.7 Å². The van der Waals surface area contributed by atoms with E-state index in [1.165, 1.54) is 31.5 Å². The number of anilines is 1. The van der Waals surface area contributed by atoms with Crippen LogP contribution in [0.1, 0.15) is 21.5 Å². The van der Waals surface area contributed by atoms with Gasteiger partial charge < -0.3 is 15.2 Å². The summed E-state index contributed by atoms with van der Waals surface area (Å²) in [6.45, 7) is 1.89. The van der Waals surface area contributed by atoms with Crippen molar-refractivity contribution in [1.82, 2.24) is 4.98 Å². The van der Waals surface area contributed by atoms with Crippen LogP contribution < -0.4 is 10.1 Å². The number of aryl methyl sites for hydroxylation is 1. The number of sulfone groups is 1. The van der Waals surface area contributed by atoms with E-state index < -0.39 is 15.8 Å². The highest BCUT2D eigenvalue weighted by molar-refractivity contribution is 7.91. The van der Waals surface area contributed by atoms with Gasteiger partial charge in [-0.15, -0.1) is 0 Å². The molecule has 0 spiro atoms. The van der Waals surface area contributed by atoms with Gasteiger partial charge >= 0.3 is 5.97 Å². The molecule has 0 atom stereocenters. The second-order valence-corrected chi connectivity index (χ2v) is 8.17.